The normalized spacial score (nSPS) is 19.5. The summed E-state index contributed by atoms with van der Waals surface area (Å²) in [7, 11) is 0. The van der Waals surface area contributed by atoms with E-state index in [-0.39, 0.29) is 19.2 Å². The minimum Gasteiger partial charge on any atom is -0.403 e. The molecule has 4 heteroatoms. The SMILES string of the molecule is O=C1CC(=[OH+])OCO1. The lowest BCUT2D eigenvalue weighted by Gasteiger charge is -2.01. The lowest BCUT2D eigenvalue weighted by atomic mass is 10.4. The van der Waals surface area contributed by atoms with Crippen LogP contribution in [0.3, 0.4) is 0 Å². The molecule has 0 atom stereocenters. The van der Waals surface area contributed by atoms with Crippen molar-refractivity contribution >= 4 is 11.9 Å². The summed E-state index contributed by atoms with van der Waals surface area (Å²) < 4.78 is 8.68. The van der Waals surface area contributed by atoms with E-state index >= 15 is 0 Å². The highest BCUT2D eigenvalue weighted by Crippen LogP contribution is 1.96. The van der Waals surface area contributed by atoms with Gasteiger partial charge in [-0.15, -0.1) is 0 Å². The van der Waals surface area contributed by atoms with Gasteiger partial charge in [0, 0.05) is 0 Å². The predicted octanol–water partition coefficient (Wildman–Crippen LogP) is -0.590. The van der Waals surface area contributed by atoms with Crippen molar-refractivity contribution in [3.63, 3.8) is 0 Å². The number of carbonyl (C=O) groups excluding carboxylic acids is 2. The van der Waals surface area contributed by atoms with Crippen LogP contribution in [0, 0.1) is 0 Å². The number of hydrogen-bond donors (Lipinski definition) is 0. The minimum atomic E-state index is -0.450. The van der Waals surface area contributed by atoms with Gasteiger partial charge in [-0.1, -0.05) is 0 Å². The van der Waals surface area contributed by atoms with Gasteiger partial charge >= 0.3 is 18.7 Å². The molecule has 0 radical (unpaired) electrons. The second kappa shape index (κ2) is 1.81. The van der Waals surface area contributed by atoms with Crippen molar-refractivity contribution in [1.29, 1.82) is 0 Å². The fourth-order valence-corrected chi connectivity index (χ4v) is 0.389. The van der Waals surface area contributed by atoms with Gasteiger partial charge in [-0.2, -0.15) is 0 Å². The highest BCUT2D eigenvalue weighted by Gasteiger charge is 2.25. The number of carbonyl (C=O) groups is 1. The Balaban J connectivity index is 2.45. The van der Waals surface area contributed by atoms with Crippen LogP contribution in [-0.4, -0.2) is 23.5 Å². The lowest BCUT2D eigenvalue weighted by Crippen LogP contribution is -2.23. The molecule has 8 heavy (non-hydrogen) atoms. The molecular weight excluding hydrogens is 112 g/mol. The Morgan fingerprint density at radius 3 is 2.62 bits per heavy atom. The van der Waals surface area contributed by atoms with Crippen molar-refractivity contribution in [3.05, 3.63) is 0 Å². The van der Waals surface area contributed by atoms with Crippen LogP contribution in [0.25, 0.3) is 0 Å². The maximum atomic E-state index is 10.2. The number of hydrogen-bond acceptors (Lipinski definition) is 3. The van der Waals surface area contributed by atoms with E-state index in [0.29, 0.717) is 0 Å². The molecule has 0 aromatic rings. The lowest BCUT2D eigenvalue weighted by molar-refractivity contribution is -0.154. The van der Waals surface area contributed by atoms with Crippen molar-refractivity contribution in [1.82, 2.24) is 0 Å². The molecule has 0 bridgehead atoms. The van der Waals surface area contributed by atoms with E-state index in [1.165, 1.54) is 0 Å². The van der Waals surface area contributed by atoms with Crippen molar-refractivity contribution < 1.29 is 19.1 Å². The number of rotatable bonds is 0. The van der Waals surface area contributed by atoms with Crippen LogP contribution in [0.5, 0.6) is 0 Å². The van der Waals surface area contributed by atoms with Gasteiger partial charge in [-0.05, 0) is 0 Å². The number of ether oxygens (including phenoxy) is 2. The van der Waals surface area contributed by atoms with Gasteiger partial charge in [0.15, 0.2) is 6.42 Å². The third kappa shape index (κ3) is 0.959. The smallest absolute Gasteiger partial charge is 0.403 e. The van der Waals surface area contributed by atoms with Crippen LogP contribution in [0.2, 0.25) is 0 Å². The van der Waals surface area contributed by atoms with E-state index in [0.717, 1.165) is 0 Å². The van der Waals surface area contributed by atoms with Crippen LogP contribution in [0.15, 0.2) is 0 Å². The van der Waals surface area contributed by atoms with Crippen molar-refractivity contribution in [2.45, 2.75) is 6.42 Å². The van der Waals surface area contributed by atoms with E-state index in [1.807, 2.05) is 0 Å². The summed E-state index contributed by atoms with van der Waals surface area (Å²) in [6.45, 7) is -0.162. The highest BCUT2D eigenvalue weighted by molar-refractivity contribution is 5.92. The molecular formula is C4H5O4+. The average Bonchev–Trinajstić information content (AvgIpc) is 1.64. The molecule has 1 saturated heterocycles. The third-order valence-electron chi connectivity index (χ3n) is 0.741. The molecule has 0 aromatic heterocycles. The quantitative estimate of drug-likeness (QED) is 0.242. The molecule has 1 heterocycles. The summed E-state index contributed by atoms with van der Waals surface area (Å²) >= 11 is 0. The van der Waals surface area contributed by atoms with Gasteiger partial charge in [0.25, 0.3) is 0 Å². The molecule has 1 aliphatic heterocycles. The van der Waals surface area contributed by atoms with Crippen LogP contribution in [0.1, 0.15) is 6.42 Å². The maximum absolute atomic E-state index is 10.2. The predicted molar refractivity (Wildman–Crippen MR) is 23.6 cm³/mol. The Kier molecular flexibility index (Phi) is 1.15. The summed E-state index contributed by atoms with van der Waals surface area (Å²) in [6.07, 6.45) is -0.139. The molecule has 44 valence electrons. The number of cyclic esters (lactones) is 2. The second-order valence-corrected chi connectivity index (χ2v) is 1.35. The maximum Gasteiger partial charge on any atom is 0.497 e. The zero-order chi connectivity index (χ0) is 5.98. The van der Waals surface area contributed by atoms with Crippen LogP contribution >= 0.6 is 0 Å². The first-order chi connectivity index (χ1) is 3.79. The van der Waals surface area contributed by atoms with Gasteiger partial charge in [0.2, 0.25) is 0 Å². The summed E-state index contributed by atoms with van der Waals surface area (Å²) in [6, 6.07) is 0. The Bertz CT molecular complexity index is 114. The molecule has 0 aliphatic carbocycles. The summed E-state index contributed by atoms with van der Waals surface area (Å²) in [5, 5.41) is 0. The van der Waals surface area contributed by atoms with Crippen molar-refractivity contribution in [3.8, 4) is 0 Å². The zero-order valence-electron chi connectivity index (χ0n) is 4.09. The molecule has 0 amide bonds. The summed E-state index contributed by atoms with van der Waals surface area (Å²) in [5.74, 6) is -0.713. The molecule has 0 aromatic carbocycles. The highest BCUT2D eigenvalue weighted by atomic mass is 16.7. The molecule has 1 rings (SSSR count). The molecule has 1 N–H and O–H groups in total. The monoisotopic (exact) mass is 117 g/mol. The molecule has 4 nitrogen and oxygen atoms in total. The van der Waals surface area contributed by atoms with E-state index in [1.54, 1.807) is 0 Å². The molecule has 0 spiro atoms. The first-order valence-corrected chi connectivity index (χ1v) is 2.12. The fourth-order valence-electron chi connectivity index (χ4n) is 0.389. The fraction of sp³-hybridized carbons (Fsp3) is 0.500. The van der Waals surface area contributed by atoms with Gasteiger partial charge in [-0.3, -0.25) is 9.53 Å². The second-order valence-electron chi connectivity index (χ2n) is 1.35. The number of esters is 2. The molecule has 0 saturated carbocycles. The summed E-state index contributed by atoms with van der Waals surface area (Å²) in [5.41, 5.74) is 0. The van der Waals surface area contributed by atoms with Crippen LogP contribution < -0.4 is 0 Å². The van der Waals surface area contributed by atoms with Gasteiger partial charge in [0.05, 0.1) is 0 Å². The van der Waals surface area contributed by atoms with Crippen LogP contribution in [-0.2, 0) is 14.3 Å². The Morgan fingerprint density at radius 1 is 1.50 bits per heavy atom. The van der Waals surface area contributed by atoms with Crippen molar-refractivity contribution in [2.75, 3.05) is 6.79 Å². The van der Waals surface area contributed by atoms with Crippen molar-refractivity contribution in [2.24, 2.45) is 0 Å². The van der Waals surface area contributed by atoms with Gasteiger partial charge in [0.1, 0.15) is 0 Å². The molecule has 1 fully saturated rings. The van der Waals surface area contributed by atoms with E-state index < -0.39 is 5.97 Å². The Hall–Kier alpha value is -1.06. The summed E-state index contributed by atoms with van der Waals surface area (Å²) in [4.78, 5) is 18.7. The van der Waals surface area contributed by atoms with E-state index in [4.69, 9.17) is 4.79 Å². The first-order valence-electron chi connectivity index (χ1n) is 2.12. The topological polar surface area (TPSA) is 56.9 Å². The van der Waals surface area contributed by atoms with E-state index in [9.17, 15) is 4.79 Å². The standard InChI is InChI=1S/C4H4O4/c5-3-1-4(6)8-2-7-3/h1-2H2/p+1. The largest absolute Gasteiger partial charge is 0.497 e. The molecule has 1 aliphatic rings. The Morgan fingerprint density at radius 2 is 2.25 bits per heavy atom. The first kappa shape index (κ1) is 5.08. The average molecular weight is 117 g/mol. The van der Waals surface area contributed by atoms with Gasteiger partial charge < -0.3 is 9.53 Å². The third-order valence-corrected chi connectivity index (χ3v) is 0.741. The Labute approximate surface area is 45.4 Å². The van der Waals surface area contributed by atoms with E-state index in [2.05, 4.69) is 9.47 Å². The zero-order valence-corrected chi connectivity index (χ0v) is 4.09. The molecule has 0 unspecified atom stereocenters. The van der Waals surface area contributed by atoms with Gasteiger partial charge in [-0.25, -0.2) is 0 Å². The van der Waals surface area contributed by atoms with Crippen LogP contribution in [0.4, 0.5) is 0 Å². The minimum absolute atomic E-state index is 0.139.